The molecular formula is C38H46F3O4-. The number of hydrogen-bond donors (Lipinski definition) is 0. The van der Waals surface area contributed by atoms with Crippen LogP contribution in [0.2, 0.25) is 0 Å². The Morgan fingerprint density at radius 2 is 1.18 bits per heavy atom. The van der Waals surface area contributed by atoms with Crippen LogP contribution in [0.5, 0.6) is 0 Å². The van der Waals surface area contributed by atoms with Crippen molar-refractivity contribution in [3.05, 3.63) is 83.4 Å². The highest BCUT2D eigenvalue weighted by atomic mass is 19.4. The summed E-state index contributed by atoms with van der Waals surface area (Å²) in [5, 5.41) is 11.7. The van der Waals surface area contributed by atoms with Crippen molar-refractivity contribution in [1.29, 1.82) is 0 Å². The molecule has 0 aromatic heterocycles. The summed E-state index contributed by atoms with van der Waals surface area (Å²) in [6.07, 6.45) is 6.70. The molecule has 4 nitrogen and oxygen atoms in total. The molecule has 0 radical (unpaired) electrons. The van der Waals surface area contributed by atoms with Crippen LogP contribution >= 0.6 is 0 Å². The molecule has 0 heterocycles. The van der Waals surface area contributed by atoms with E-state index in [1.54, 1.807) is 18.2 Å². The highest BCUT2D eigenvalue weighted by Gasteiger charge is 2.42. The average Bonchev–Trinajstić information content (AvgIpc) is 3.03. The molecular weight excluding hydrogens is 577 g/mol. The second-order valence-electron chi connectivity index (χ2n) is 11.8. The van der Waals surface area contributed by atoms with Gasteiger partial charge >= 0.3 is 12.1 Å². The molecule has 0 spiro atoms. The van der Waals surface area contributed by atoms with Crippen LogP contribution < -0.4 is 5.11 Å². The summed E-state index contributed by atoms with van der Waals surface area (Å²) in [4.78, 5) is 24.3. The van der Waals surface area contributed by atoms with Gasteiger partial charge in [-0.2, -0.15) is 13.2 Å². The maximum Gasteiger partial charge on any atom is 0.425 e. The lowest BCUT2D eigenvalue weighted by Crippen LogP contribution is -2.33. The Kier molecular flexibility index (Phi) is 14.6. The molecule has 0 aliphatic rings. The number of aromatic carboxylic acids is 1. The van der Waals surface area contributed by atoms with E-state index in [-0.39, 0.29) is 17.5 Å². The monoisotopic (exact) mass is 623 g/mol. The SMILES string of the molecule is CCCCCCCCCCc1ccc(-c2ccc(C(=O)[O-])cc2-c2ccc(C(=O)OC(CCCCCC)C(F)(F)F)cc2)cc1. The predicted molar refractivity (Wildman–Crippen MR) is 172 cm³/mol. The van der Waals surface area contributed by atoms with Crippen molar-refractivity contribution >= 4 is 11.9 Å². The first kappa shape index (κ1) is 35.9. The highest BCUT2D eigenvalue weighted by Crippen LogP contribution is 2.34. The van der Waals surface area contributed by atoms with Crippen molar-refractivity contribution in [3.8, 4) is 22.3 Å². The summed E-state index contributed by atoms with van der Waals surface area (Å²) in [5.41, 5.74) is 4.13. The number of carboxylic acid groups (broad SMARTS) is 1. The van der Waals surface area contributed by atoms with E-state index in [4.69, 9.17) is 4.74 Å². The van der Waals surface area contributed by atoms with Crippen LogP contribution in [0.4, 0.5) is 13.2 Å². The van der Waals surface area contributed by atoms with Crippen LogP contribution in [0.25, 0.3) is 22.3 Å². The number of carboxylic acids is 1. The van der Waals surface area contributed by atoms with Crippen molar-refractivity contribution in [2.24, 2.45) is 0 Å². The van der Waals surface area contributed by atoms with E-state index in [9.17, 15) is 27.9 Å². The molecule has 0 saturated carbocycles. The quantitative estimate of drug-likeness (QED) is 0.0984. The van der Waals surface area contributed by atoms with Gasteiger partial charge in [-0.3, -0.25) is 0 Å². The number of unbranched alkanes of at least 4 members (excludes halogenated alkanes) is 10. The second-order valence-corrected chi connectivity index (χ2v) is 11.8. The molecule has 1 atom stereocenters. The predicted octanol–water partition coefficient (Wildman–Crippen LogP) is 10.1. The molecule has 0 aliphatic carbocycles. The third-order valence-electron chi connectivity index (χ3n) is 8.21. The van der Waals surface area contributed by atoms with Gasteiger partial charge in [-0.15, -0.1) is 0 Å². The van der Waals surface area contributed by atoms with Gasteiger partial charge in [-0.25, -0.2) is 4.79 Å². The Hall–Kier alpha value is -3.61. The van der Waals surface area contributed by atoms with Crippen molar-refractivity contribution < 1.29 is 32.6 Å². The third-order valence-corrected chi connectivity index (χ3v) is 8.21. The van der Waals surface area contributed by atoms with Gasteiger partial charge in [0, 0.05) is 0 Å². The Bertz CT molecular complexity index is 1330. The Morgan fingerprint density at radius 3 is 1.76 bits per heavy atom. The van der Waals surface area contributed by atoms with Crippen molar-refractivity contribution in [3.63, 3.8) is 0 Å². The molecule has 0 bridgehead atoms. The fourth-order valence-corrected chi connectivity index (χ4v) is 5.50. The van der Waals surface area contributed by atoms with E-state index in [2.05, 4.69) is 19.1 Å². The lowest BCUT2D eigenvalue weighted by molar-refractivity contribution is -0.255. The minimum Gasteiger partial charge on any atom is -0.545 e. The summed E-state index contributed by atoms with van der Waals surface area (Å²) < 4.78 is 45.5. The third kappa shape index (κ3) is 11.7. The Labute approximate surface area is 266 Å². The fourth-order valence-electron chi connectivity index (χ4n) is 5.50. The van der Waals surface area contributed by atoms with Gasteiger partial charge in [-0.05, 0) is 77.3 Å². The first-order valence-corrected chi connectivity index (χ1v) is 16.5. The maximum absolute atomic E-state index is 13.5. The lowest BCUT2D eigenvalue weighted by atomic mass is 9.91. The van der Waals surface area contributed by atoms with E-state index in [1.165, 1.54) is 74.8 Å². The molecule has 3 aromatic rings. The minimum absolute atomic E-state index is 0.000331. The van der Waals surface area contributed by atoms with Gasteiger partial charge in [0.15, 0.2) is 6.10 Å². The van der Waals surface area contributed by atoms with Gasteiger partial charge in [-0.1, -0.05) is 127 Å². The summed E-state index contributed by atoms with van der Waals surface area (Å²) in [7, 11) is 0. The number of halogens is 3. The Balaban J connectivity index is 1.72. The van der Waals surface area contributed by atoms with Crippen LogP contribution in [0.15, 0.2) is 66.7 Å². The van der Waals surface area contributed by atoms with Crippen LogP contribution in [-0.4, -0.2) is 24.2 Å². The number of aryl methyl sites for hydroxylation is 1. The number of carbonyl (C=O) groups is 2. The second kappa shape index (κ2) is 18.4. The van der Waals surface area contributed by atoms with Gasteiger partial charge < -0.3 is 14.6 Å². The van der Waals surface area contributed by atoms with Crippen LogP contribution in [0, 0.1) is 0 Å². The molecule has 0 aliphatic heterocycles. The lowest BCUT2D eigenvalue weighted by Gasteiger charge is -2.21. The van der Waals surface area contributed by atoms with E-state index >= 15 is 0 Å². The summed E-state index contributed by atoms with van der Waals surface area (Å²) in [6, 6.07) is 18.9. The molecule has 0 fully saturated rings. The van der Waals surface area contributed by atoms with Crippen molar-refractivity contribution in [1.82, 2.24) is 0 Å². The molecule has 3 rings (SSSR count). The summed E-state index contributed by atoms with van der Waals surface area (Å²) >= 11 is 0. The normalized spacial score (nSPS) is 12.2. The van der Waals surface area contributed by atoms with E-state index in [1.807, 2.05) is 19.1 Å². The van der Waals surface area contributed by atoms with Crippen LogP contribution in [0.1, 0.15) is 124 Å². The summed E-state index contributed by atoms with van der Waals surface area (Å²) in [5.74, 6) is -2.36. The van der Waals surface area contributed by atoms with Gasteiger partial charge in [0.1, 0.15) is 0 Å². The fraction of sp³-hybridized carbons (Fsp3) is 0.474. The minimum atomic E-state index is -4.65. The van der Waals surface area contributed by atoms with Gasteiger partial charge in [0.2, 0.25) is 0 Å². The zero-order chi connectivity index (χ0) is 32.7. The molecule has 0 amide bonds. The molecule has 1 unspecified atom stereocenters. The number of rotatable bonds is 19. The van der Waals surface area contributed by atoms with Crippen molar-refractivity contribution in [2.75, 3.05) is 0 Å². The largest absolute Gasteiger partial charge is 0.545 e. The summed E-state index contributed by atoms with van der Waals surface area (Å²) in [6.45, 7) is 4.20. The first-order valence-electron chi connectivity index (χ1n) is 16.5. The van der Waals surface area contributed by atoms with Gasteiger partial charge in [0.25, 0.3) is 0 Å². The number of carbonyl (C=O) groups excluding carboxylic acids is 2. The van der Waals surface area contributed by atoms with Gasteiger partial charge in [0.05, 0.1) is 11.5 Å². The van der Waals surface area contributed by atoms with E-state index in [0.717, 1.165) is 36.8 Å². The topological polar surface area (TPSA) is 66.4 Å². The van der Waals surface area contributed by atoms with E-state index in [0.29, 0.717) is 24.0 Å². The number of alkyl halides is 3. The van der Waals surface area contributed by atoms with E-state index < -0.39 is 24.2 Å². The number of ether oxygens (including phenoxy) is 1. The molecule has 0 saturated heterocycles. The molecule has 0 N–H and O–H groups in total. The standard InChI is InChI=1S/C38H47F3O4/c1-3-5-7-9-10-11-12-13-15-28-17-19-29(20-18-28)33-26-25-32(36(42)43)27-34(33)30-21-23-31(24-22-30)37(44)45-35(38(39,40)41)16-14-8-6-4-2/h17-27,35H,3-16H2,1-2H3,(H,42,43)/p-1. The zero-order valence-corrected chi connectivity index (χ0v) is 26.6. The maximum atomic E-state index is 13.5. The highest BCUT2D eigenvalue weighted by molar-refractivity contribution is 5.94. The average molecular weight is 624 g/mol. The molecule has 244 valence electrons. The number of hydrogen-bond acceptors (Lipinski definition) is 4. The van der Waals surface area contributed by atoms with Crippen molar-refractivity contribution in [2.45, 2.75) is 116 Å². The number of benzene rings is 3. The molecule has 45 heavy (non-hydrogen) atoms. The molecule has 3 aromatic carbocycles. The smallest absolute Gasteiger partial charge is 0.425 e. The van der Waals surface area contributed by atoms with Crippen LogP contribution in [-0.2, 0) is 11.2 Å². The first-order chi connectivity index (χ1) is 21.6. The number of esters is 1. The van der Waals surface area contributed by atoms with Crippen LogP contribution in [0.3, 0.4) is 0 Å². The Morgan fingerprint density at radius 1 is 0.667 bits per heavy atom. The zero-order valence-electron chi connectivity index (χ0n) is 26.6. The molecule has 7 heteroatoms.